The van der Waals surface area contributed by atoms with E-state index in [1.165, 1.54) is 18.5 Å². The van der Waals surface area contributed by atoms with Crippen molar-refractivity contribution in [2.24, 2.45) is 5.92 Å². The molecular weight excluding hydrogens is 248 g/mol. The number of sulfonamides is 1. The van der Waals surface area contributed by atoms with E-state index in [4.69, 9.17) is 11.6 Å². The van der Waals surface area contributed by atoms with Gasteiger partial charge in [-0.05, 0) is 30.9 Å². The highest BCUT2D eigenvalue weighted by molar-refractivity contribution is 7.89. The zero-order chi connectivity index (χ0) is 11.6. The number of hydrogen-bond donors (Lipinski definition) is 1. The van der Waals surface area contributed by atoms with Gasteiger partial charge in [0.1, 0.15) is 4.90 Å². The molecule has 0 aliphatic heterocycles. The van der Waals surface area contributed by atoms with Crippen LogP contribution in [0.3, 0.4) is 0 Å². The first-order chi connectivity index (χ1) is 7.59. The predicted octanol–water partition coefficient (Wildman–Crippen LogP) is 1.38. The molecule has 0 spiro atoms. The molecule has 88 valence electrons. The van der Waals surface area contributed by atoms with E-state index in [9.17, 15) is 8.42 Å². The Bertz CT molecular complexity index is 445. The summed E-state index contributed by atoms with van der Waals surface area (Å²) in [6.07, 6.45) is 5.06. The topological polar surface area (TPSA) is 59.1 Å². The van der Waals surface area contributed by atoms with Gasteiger partial charge in [-0.25, -0.2) is 13.1 Å². The molecule has 1 unspecified atom stereocenters. The molecule has 16 heavy (non-hydrogen) atoms. The number of pyridine rings is 1. The average Bonchev–Trinajstić information content (AvgIpc) is 3.11. The first kappa shape index (κ1) is 11.8. The molecular formula is C10H13ClN2O2S. The molecule has 4 nitrogen and oxygen atoms in total. The van der Waals surface area contributed by atoms with Gasteiger partial charge in [-0.15, -0.1) is 11.6 Å². The summed E-state index contributed by atoms with van der Waals surface area (Å²) in [7, 11) is -3.46. The maximum Gasteiger partial charge on any atom is 0.242 e. The van der Waals surface area contributed by atoms with Crippen LogP contribution >= 0.6 is 11.6 Å². The summed E-state index contributed by atoms with van der Waals surface area (Å²) >= 11 is 6.03. The lowest BCUT2D eigenvalue weighted by Gasteiger charge is -2.09. The summed E-state index contributed by atoms with van der Waals surface area (Å²) in [6, 6.07) is 3.10. The second-order valence-electron chi connectivity index (χ2n) is 3.89. The van der Waals surface area contributed by atoms with Gasteiger partial charge in [0.2, 0.25) is 10.0 Å². The largest absolute Gasteiger partial charge is 0.263 e. The molecule has 2 rings (SSSR count). The summed E-state index contributed by atoms with van der Waals surface area (Å²) in [5.41, 5.74) is 0. The maximum absolute atomic E-state index is 11.8. The van der Waals surface area contributed by atoms with Gasteiger partial charge < -0.3 is 0 Å². The van der Waals surface area contributed by atoms with Gasteiger partial charge in [0.25, 0.3) is 0 Å². The minimum atomic E-state index is -3.46. The Hall–Kier alpha value is -0.650. The Labute approximate surface area is 100 Å². The molecule has 1 saturated carbocycles. The standard InChI is InChI=1S/C10H13ClN2O2S/c11-10(8-3-4-8)7-13-16(14,15)9-2-1-5-12-6-9/h1-2,5-6,8,10,13H,3-4,7H2. The van der Waals surface area contributed by atoms with Gasteiger partial charge in [0.05, 0.1) is 0 Å². The van der Waals surface area contributed by atoms with Gasteiger partial charge >= 0.3 is 0 Å². The van der Waals surface area contributed by atoms with Crippen LogP contribution in [-0.4, -0.2) is 25.3 Å². The molecule has 0 radical (unpaired) electrons. The quantitative estimate of drug-likeness (QED) is 0.814. The van der Waals surface area contributed by atoms with Gasteiger partial charge in [-0.2, -0.15) is 0 Å². The fraction of sp³-hybridized carbons (Fsp3) is 0.500. The molecule has 1 aromatic rings. The molecule has 1 heterocycles. The summed E-state index contributed by atoms with van der Waals surface area (Å²) in [5, 5.41) is -0.105. The molecule has 0 amide bonds. The minimum Gasteiger partial charge on any atom is -0.263 e. The lowest BCUT2D eigenvalue weighted by atomic mass is 10.3. The van der Waals surface area contributed by atoms with Gasteiger partial charge in [-0.3, -0.25) is 4.98 Å². The van der Waals surface area contributed by atoms with E-state index in [2.05, 4.69) is 9.71 Å². The second kappa shape index (κ2) is 4.69. The highest BCUT2D eigenvalue weighted by Crippen LogP contribution is 2.35. The molecule has 1 aromatic heterocycles. The molecule has 1 aliphatic carbocycles. The van der Waals surface area contributed by atoms with Gasteiger partial charge in [0.15, 0.2) is 0 Å². The van der Waals surface area contributed by atoms with Crippen LogP contribution in [0, 0.1) is 5.92 Å². The van der Waals surface area contributed by atoms with Crippen LogP contribution in [0.2, 0.25) is 0 Å². The summed E-state index contributed by atoms with van der Waals surface area (Å²) < 4.78 is 26.0. The van der Waals surface area contributed by atoms with Crippen molar-refractivity contribution in [2.75, 3.05) is 6.54 Å². The summed E-state index contributed by atoms with van der Waals surface area (Å²) in [5.74, 6) is 0.471. The third kappa shape index (κ3) is 2.93. The van der Waals surface area contributed by atoms with E-state index in [1.807, 2.05) is 0 Å². The predicted molar refractivity (Wildman–Crippen MR) is 61.8 cm³/mol. The highest BCUT2D eigenvalue weighted by atomic mass is 35.5. The maximum atomic E-state index is 11.8. The van der Waals surface area contributed by atoms with Crippen molar-refractivity contribution >= 4 is 21.6 Å². The van der Waals surface area contributed by atoms with E-state index in [0.29, 0.717) is 5.92 Å². The van der Waals surface area contributed by atoms with E-state index in [0.717, 1.165) is 12.8 Å². The monoisotopic (exact) mass is 260 g/mol. The number of hydrogen-bond acceptors (Lipinski definition) is 3. The van der Waals surface area contributed by atoms with Gasteiger partial charge in [0, 0.05) is 24.3 Å². The molecule has 1 atom stereocenters. The number of nitrogens with zero attached hydrogens (tertiary/aromatic N) is 1. The lowest BCUT2D eigenvalue weighted by molar-refractivity contribution is 0.576. The molecule has 6 heteroatoms. The van der Waals surface area contributed by atoms with Crippen LogP contribution < -0.4 is 4.72 Å². The van der Waals surface area contributed by atoms with Crippen LogP contribution in [0.15, 0.2) is 29.4 Å². The van der Waals surface area contributed by atoms with Crippen molar-refractivity contribution in [2.45, 2.75) is 23.1 Å². The molecule has 0 aromatic carbocycles. The number of rotatable bonds is 5. The molecule has 1 N–H and O–H groups in total. The zero-order valence-corrected chi connectivity index (χ0v) is 10.2. The summed E-state index contributed by atoms with van der Waals surface area (Å²) in [4.78, 5) is 3.95. The Morgan fingerprint density at radius 1 is 1.56 bits per heavy atom. The van der Waals surface area contributed by atoms with Crippen molar-refractivity contribution < 1.29 is 8.42 Å². The van der Waals surface area contributed by atoms with Gasteiger partial charge in [-0.1, -0.05) is 0 Å². The molecule has 1 aliphatic rings. The first-order valence-corrected chi connectivity index (χ1v) is 7.05. The van der Waals surface area contributed by atoms with Crippen molar-refractivity contribution in [1.29, 1.82) is 0 Å². The van der Waals surface area contributed by atoms with Crippen molar-refractivity contribution in [1.82, 2.24) is 9.71 Å². The van der Waals surface area contributed by atoms with Crippen LogP contribution in [0.4, 0.5) is 0 Å². The number of nitrogens with one attached hydrogen (secondary N) is 1. The molecule has 1 fully saturated rings. The molecule has 0 saturated heterocycles. The van der Waals surface area contributed by atoms with E-state index in [-0.39, 0.29) is 16.8 Å². The van der Waals surface area contributed by atoms with Crippen LogP contribution in [0.1, 0.15) is 12.8 Å². The average molecular weight is 261 g/mol. The Morgan fingerprint density at radius 3 is 2.88 bits per heavy atom. The fourth-order valence-electron chi connectivity index (χ4n) is 1.40. The number of halogens is 1. The van der Waals surface area contributed by atoms with Crippen LogP contribution in [-0.2, 0) is 10.0 Å². The molecule has 0 bridgehead atoms. The van der Waals surface area contributed by atoms with Crippen molar-refractivity contribution in [3.8, 4) is 0 Å². The SMILES string of the molecule is O=S(=O)(NCC(Cl)C1CC1)c1cccnc1. The highest BCUT2D eigenvalue weighted by Gasteiger charge is 2.30. The second-order valence-corrected chi connectivity index (χ2v) is 6.22. The van der Waals surface area contributed by atoms with Crippen molar-refractivity contribution in [3.63, 3.8) is 0 Å². The number of alkyl halides is 1. The van der Waals surface area contributed by atoms with Crippen LogP contribution in [0.5, 0.6) is 0 Å². The normalized spacial score (nSPS) is 18.3. The smallest absolute Gasteiger partial charge is 0.242 e. The lowest BCUT2D eigenvalue weighted by Crippen LogP contribution is -2.30. The zero-order valence-electron chi connectivity index (χ0n) is 8.64. The van der Waals surface area contributed by atoms with Crippen LogP contribution in [0.25, 0.3) is 0 Å². The third-order valence-electron chi connectivity index (χ3n) is 2.55. The van der Waals surface area contributed by atoms with E-state index < -0.39 is 10.0 Å². The Balaban J connectivity index is 1.97. The minimum absolute atomic E-state index is 0.105. The Kier molecular flexibility index (Phi) is 3.47. The first-order valence-electron chi connectivity index (χ1n) is 5.13. The summed E-state index contributed by atoms with van der Waals surface area (Å²) in [6.45, 7) is 0.281. The third-order valence-corrected chi connectivity index (χ3v) is 4.47. The Morgan fingerprint density at radius 2 is 2.31 bits per heavy atom. The number of aromatic nitrogens is 1. The van der Waals surface area contributed by atoms with E-state index in [1.54, 1.807) is 6.07 Å². The van der Waals surface area contributed by atoms with Crippen molar-refractivity contribution in [3.05, 3.63) is 24.5 Å². The fourth-order valence-corrected chi connectivity index (χ4v) is 2.85. The van der Waals surface area contributed by atoms with E-state index >= 15 is 0 Å².